The van der Waals surface area contributed by atoms with E-state index in [1.807, 2.05) is 19.1 Å². The largest absolute Gasteiger partial charge is 0.448 e. The van der Waals surface area contributed by atoms with Gasteiger partial charge in [-0.3, -0.25) is 4.79 Å². The highest BCUT2D eigenvalue weighted by Gasteiger charge is 2.31. The van der Waals surface area contributed by atoms with Crippen molar-refractivity contribution in [3.8, 4) is 0 Å². The van der Waals surface area contributed by atoms with Crippen LogP contribution in [0.25, 0.3) is 0 Å². The van der Waals surface area contributed by atoms with Gasteiger partial charge in [-0.05, 0) is 41.8 Å². The summed E-state index contributed by atoms with van der Waals surface area (Å²) in [4.78, 5) is 24.6. The number of esters is 1. The number of hydrogen-bond acceptors (Lipinski definition) is 3. The van der Waals surface area contributed by atoms with E-state index >= 15 is 0 Å². The van der Waals surface area contributed by atoms with Gasteiger partial charge < -0.3 is 10.1 Å². The second kappa shape index (κ2) is 6.83. The molecule has 0 spiro atoms. The molecule has 0 saturated carbocycles. The summed E-state index contributed by atoms with van der Waals surface area (Å²) in [6.45, 7) is 2.04. The van der Waals surface area contributed by atoms with Gasteiger partial charge in [0.25, 0.3) is 5.91 Å². The molecule has 1 unspecified atom stereocenters. The molecule has 1 aliphatic rings. The molecule has 0 bridgehead atoms. The second-order valence-corrected chi connectivity index (χ2v) is 6.40. The van der Waals surface area contributed by atoms with Crippen LogP contribution in [0.2, 0.25) is 10.0 Å². The minimum Gasteiger partial charge on any atom is -0.448 e. The van der Waals surface area contributed by atoms with Gasteiger partial charge in [-0.2, -0.15) is 0 Å². The average Bonchev–Trinajstić information content (AvgIpc) is 2.57. The molecule has 6 heteroatoms. The number of anilines is 1. The molecule has 3 rings (SSSR count). The van der Waals surface area contributed by atoms with Crippen molar-refractivity contribution < 1.29 is 14.3 Å². The van der Waals surface area contributed by atoms with Crippen molar-refractivity contribution in [2.24, 2.45) is 0 Å². The van der Waals surface area contributed by atoms with Gasteiger partial charge in [-0.25, -0.2) is 4.79 Å². The van der Waals surface area contributed by atoms with Crippen molar-refractivity contribution in [3.63, 3.8) is 0 Å². The first-order chi connectivity index (χ1) is 11.5. The van der Waals surface area contributed by atoms with E-state index in [-0.39, 0.29) is 0 Å². The fraction of sp³-hybridized carbons (Fsp3) is 0.222. The van der Waals surface area contributed by atoms with Crippen molar-refractivity contribution in [3.05, 3.63) is 63.1 Å². The van der Waals surface area contributed by atoms with Crippen LogP contribution in [0.5, 0.6) is 0 Å². The molecule has 124 valence electrons. The summed E-state index contributed by atoms with van der Waals surface area (Å²) in [7, 11) is 0. The first-order valence-corrected chi connectivity index (χ1v) is 8.32. The van der Waals surface area contributed by atoms with Gasteiger partial charge in [0.05, 0.1) is 16.3 Å². The van der Waals surface area contributed by atoms with Crippen LogP contribution in [0.3, 0.4) is 0 Å². The molecule has 1 N–H and O–H groups in total. The summed E-state index contributed by atoms with van der Waals surface area (Å²) in [6, 6.07) is 10.4. The zero-order valence-electron chi connectivity index (χ0n) is 12.9. The van der Waals surface area contributed by atoms with Crippen LogP contribution in [0.4, 0.5) is 5.69 Å². The molecule has 0 fully saturated rings. The van der Waals surface area contributed by atoms with Crippen molar-refractivity contribution in [1.82, 2.24) is 0 Å². The number of carbonyl (C=O) groups is 2. The number of halogens is 2. The first kappa shape index (κ1) is 16.8. The number of nitrogens with one attached hydrogen (secondary N) is 1. The van der Waals surface area contributed by atoms with Crippen molar-refractivity contribution in [1.29, 1.82) is 0 Å². The van der Waals surface area contributed by atoms with Crippen LogP contribution in [0.15, 0.2) is 36.4 Å². The molecule has 0 saturated heterocycles. The maximum atomic E-state index is 12.5. The molecule has 0 aromatic heterocycles. The third kappa shape index (κ3) is 3.40. The van der Waals surface area contributed by atoms with Crippen molar-refractivity contribution in [2.45, 2.75) is 25.9 Å². The Morgan fingerprint density at radius 1 is 1.25 bits per heavy atom. The van der Waals surface area contributed by atoms with Crippen LogP contribution in [-0.2, 0) is 22.4 Å². The summed E-state index contributed by atoms with van der Waals surface area (Å²) in [5.74, 6) is -0.920. The van der Waals surface area contributed by atoms with Crippen LogP contribution >= 0.6 is 23.2 Å². The number of aryl methyl sites for hydroxylation is 1. The molecule has 1 atom stereocenters. The maximum Gasteiger partial charge on any atom is 0.339 e. The van der Waals surface area contributed by atoms with E-state index in [0.717, 1.165) is 17.5 Å². The third-order valence-corrected chi connectivity index (χ3v) is 4.50. The van der Waals surface area contributed by atoms with Gasteiger partial charge in [0, 0.05) is 11.4 Å². The number of ether oxygens (including phenoxy) is 1. The SMILES string of the molecule is CCc1ccc2c(c1)CC(C(=O)Nc1cc(Cl)ccc1Cl)OC2=O. The fourth-order valence-corrected chi connectivity index (χ4v) is 2.96. The van der Waals surface area contributed by atoms with Crippen molar-refractivity contribution >= 4 is 40.8 Å². The molecule has 2 aromatic rings. The minimum atomic E-state index is -0.896. The molecule has 1 heterocycles. The van der Waals surface area contributed by atoms with Gasteiger partial charge in [0.15, 0.2) is 6.10 Å². The monoisotopic (exact) mass is 363 g/mol. The van der Waals surface area contributed by atoms with E-state index in [1.54, 1.807) is 24.3 Å². The summed E-state index contributed by atoms with van der Waals surface area (Å²) < 4.78 is 5.26. The van der Waals surface area contributed by atoms with Gasteiger partial charge in [-0.1, -0.05) is 42.3 Å². The van der Waals surface area contributed by atoms with Crippen LogP contribution in [0.1, 0.15) is 28.4 Å². The number of rotatable bonds is 3. The number of benzene rings is 2. The third-order valence-electron chi connectivity index (χ3n) is 3.93. The van der Waals surface area contributed by atoms with E-state index in [4.69, 9.17) is 27.9 Å². The van der Waals surface area contributed by atoms with E-state index in [0.29, 0.717) is 27.7 Å². The Kier molecular flexibility index (Phi) is 4.78. The van der Waals surface area contributed by atoms with Gasteiger partial charge in [0.1, 0.15) is 0 Å². The Labute approximate surface area is 149 Å². The predicted molar refractivity (Wildman–Crippen MR) is 93.8 cm³/mol. The Balaban J connectivity index is 1.81. The number of amides is 1. The van der Waals surface area contributed by atoms with Gasteiger partial charge in [0.2, 0.25) is 0 Å². The van der Waals surface area contributed by atoms with E-state index in [1.165, 1.54) is 0 Å². The van der Waals surface area contributed by atoms with E-state index < -0.39 is 18.0 Å². The lowest BCUT2D eigenvalue weighted by Gasteiger charge is -2.24. The van der Waals surface area contributed by atoms with Crippen LogP contribution < -0.4 is 5.32 Å². The lowest BCUT2D eigenvalue weighted by Crippen LogP contribution is -2.38. The number of hydrogen-bond donors (Lipinski definition) is 1. The highest BCUT2D eigenvalue weighted by molar-refractivity contribution is 6.35. The zero-order chi connectivity index (χ0) is 17.3. The van der Waals surface area contributed by atoms with Crippen LogP contribution in [0, 0.1) is 0 Å². The Morgan fingerprint density at radius 2 is 2.04 bits per heavy atom. The quantitative estimate of drug-likeness (QED) is 0.828. The summed E-state index contributed by atoms with van der Waals surface area (Å²) in [6.07, 6.45) is 0.295. The lowest BCUT2D eigenvalue weighted by atomic mass is 9.95. The molecule has 1 amide bonds. The topological polar surface area (TPSA) is 55.4 Å². The zero-order valence-corrected chi connectivity index (χ0v) is 14.4. The summed E-state index contributed by atoms with van der Waals surface area (Å²) >= 11 is 12.0. The smallest absolute Gasteiger partial charge is 0.339 e. The molecule has 0 aliphatic carbocycles. The molecular formula is C18H15Cl2NO3. The second-order valence-electron chi connectivity index (χ2n) is 5.56. The molecule has 4 nitrogen and oxygen atoms in total. The van der Waals surface area contributed by atoms with E-state index in [9.17, 15) is 9.59 Å². The Hall–Kier alpha value is -2.04. The molecule has 0 radical (unpaired) electrons. The highest BCUT2D eigenvalue weighted by Crippen LogP contribution is 2.27. The highest BCUT2D eigenvalue weighted by atomic mass is 35.5. The van der Waals surface area contributed by atoms with Crippen molar-refractivity contribution in [2.75, 3.05) is 5.32 Å². The number of carbonyl (C=O) groups excluding carboxylic acids is 2. The van der Waals surface area contributed by atoms with Gasteiger partial charge in [-0.15, -0.1) is 0 Å². The summed E-state index contributed by atoms with van der Waals surface area (Å²) in [5.41, 5.74) is 2.83. The molecule has 2 aromatic carbocycles. The molecule has 24 heavy (non-hydrogen) atoms. The minimum absolute atomic E-state index is 0.332. The normalized spacial score (nSPS) is 16.3. The fourth-order valence-electron chi connectivity index (χ4n) is 2.62. The molecule has 1 aliphatic heterocycles. The average molecular weight is 364 g/mol. The number of cyclic esters (lactones) is 1. The maximum absolute atomic E-state index is 12.5. The number of fused-ring (bicyclic) bond motifs is 1. The Morgan fingerprint density at radius 3 is 2.79 bits per heavy atom. The Bertz CT molecular complexity index is 820. The summed E-state index contributed by atoms with van der Waals surface area (Å²) in [5, 5.41) is 3.48. The predicted octanol–water partition coefficient (Wildman–Crippen LogP) is 4.28. The standard InChI is InChI=1S/C18H15Cl2NO3/c1-2-10-3-5-13-11(7-10)8-16(24-18(13)23)17(22)21-15-9-12(19)4-6-14(15)20/h3-7,9,16H,2,8H2,1H3,(H,21,22). The molecular weight excluding hydrogens is 349 g/mol. The lowest BCUT2D eigenvalue weighted by molar-refractivity contribution is -0.125. The van der Waals surface area contributed by atoms with Gasteiger partial charge >= 0.3 is 5.97 Å². The first-order valence-electron chi connectivity index (χ1n) is 7.56. The van der Waals surface area contributed by atoms with E-state index in [2.05, 4.69) is 5.32 Å². The van der Waals surface area contributed by atoms with Crippen LogP contribution in [-0.4, -0.2) is 18.0 Å².